The smallest absolute Gasteiger partial charge is 0.123 e. The molecule has 1 aromatic rings. The second kappa shape index (κ2) is 8.48. The summed E-state index contributed by atoms with van der Waals surface area (Å²) in [5.74, 6) is 0.937. The number of hydrogen-bond donors (Lipinski definition) is 2. The summed E-state index contributed by atoms with van der Waals surface area (Å²) in [5, 5.41) is 19.3. The van der Waals surface area contributed by atoms with E-state index in [0.717, 1.165) is 37.2 Å². The Labute approximate surface area is 139 Å². The number of hydrogen-bond acceptors (Lipinski definition) is 4. The summed E-state index contributed by atoms with van der Waals surface area (Å²) in [4.78, 5) is 2.24. The number of ether oxygens (including phenoxy) is 1. The van der Waals surface area contributed by atoms with Crippen molar-refractivity contribution in [3.8, 4) is 5.75 Å². The summed E-state index contributed by atoms with van der Waals surface area (Å²) < 4.78 is 5.86. The van der Waals surface area contributed by atoms with Gasteiger partial charge in [-0.15, -0.1) is 6.58 Å². The number of allylic oxidation sites excluding steroid dienone is 1. The third-order valence-corrected chi connectivity index (χ3v) is 4.30. The molecule has 0 saturated carbocycles. The number of nitrogens with zero attached hydrogens (tertiary/aromatic N) is 1. The van der Waals surface area contributed by atoms with Crippen molar-refractivity contribution in [2.45, 2.75) is 45.4 Å². The van der Waals surface area contributed by atoms with E-state index in [1.165, 1.54) is 5.56 Å². The lowest BCUT2D eigenvalue weighted by atomic mass is 9.94. The zero-order chi connectivity index (χ0) is 16.8. The van der Waals surface area contributed by atoms with E-state index in [1.54, 1.807) is 0 Å². The van der Waals surface area contributed by atoms with Gasteiger partial charge in [-0.1, -0.05) is 18.2 Å². The summed E-state index contributed by atoms with van der Waals surface area (Å²) in [6.07, 6.45) is 3.22. The average Bonchev–Trinajstić information content (AvgIpc) is 2.50. The molecular weight excluding hydrogens is 290 g/mol. The second-order valence-electron chi connectivity index (χ2n) is 6.64. The van der Waals surface area contributed by atoms with Crippen molar-refractivity contribution >= 4 is 0 Å². The van der Waals surface area contributed by atoms with Gasteiger partial charge in [0.1, 0.15) is 5.75 Å². The van der Waals surface area contributed by atoms with Crippen LogP contribution < -0.4 is 4.74 Å². The van der Waals surface area contributed by atoms with E-state index in [-0.39, 0.29) is 18.6 Å². The van der Waals surface area contributed by atoms with Gasteiger partial charge in [-0.05, 0) is 50.4 Å². The number of aliphatic hydroxyl groups is 2. The fraction of sp³-hybridized carbons (Fsp3) is 0.579. The number of benzene rings is 1. The van der Waals surface area contributed by atoms with Crippen LogP contribution in [-0.2, 0) is 13.0 Å². The van der Waals surface area contributed by atoms with Crippen molar-refractivity contribution in [2.24, 2.45) is 5.92 Å². The summed E-state index contributed by atoms with van der Waals surface area (Å²) in [5.41, 5.74) is 2.37. The van der Waals surface area contributed by atoms with Crippen LogP contribution in [-0.4, -0.2) is 47.0 Å². The summed E-state index contributed by atoms with van der Waals surface area (Å²) >= 11 is 0. The highest BCUT2D eigenvalue weighted by molar-refractivity contribution is 5.38. The number of piperidine rings is 1. The maximum atomic E-state index is 10.1. The Morgan fingerprint density at radius 2 is 2.22 bits per heavy atom. The monoisotopic (exact) mass is 319 g/mol. The van der Waals surface area contributed by atoms with Crippen molar-refractivity contribution in [1.29, 1.82) is 0 Å². The zero-order valence-corrected chi connectivity index (χ0v) is 14.2. The van der Waals surface area contributed by atoms with Crippen LogP contribution in [0, 0.1) is 5.92 Å². The predicted molar refractivity (Wildman–Crippen MR) is 92.6 cm³/mol. The third-order valence-electron chi connectivity index (χ3n) is 4.30. The van der Waals surface area contributed by atoms with Gasteiger partial charge in [-0.25, -0.2) is 0 Å². The highest BCUT2D eigenvalue weighted by Gasteiger charge is 2.27. The van der Waals surface area contributed by atoms with Gasteiger partial charge >= 0.3 is 0 Å². The lowest BCUT2D eigenvalue weighted by Crippen LogP contribution is -2.44. The standard InChI is InChI=1S/C19H29NO3/c1-4-5-16-10-15(6-7-19(16)23-14(2)3)11-20-9-8-17(13-21)18(22)12-20/h4,6-7,10,14,17-18,21-22H,1,5,8-9,11-13H2,2-3H3/t17-,18+/m1/s1. The van der Waals surface area contributed by atoms with Crippen molar-refractivity contribution in [3.63, 3.8) is 0 Å². The van der Waals surface area contributed by atoms with E-state index < -0.39 is 6.10 Å². The molecule has 2 atom stereocenters. The molecular formula is C19H29NO3. The van der Waals surface area contributed by atoms with Crippen LogP contribution in [0.3, 0.4) is 0 Å². The van der Waals surface area contributed by atoms with Gasteiger partial charge in [0, 0.05) is 25.6 Å². The molecule has 0 aliphatic carbocycles. The molecule has 2 N–H and O–H groups in total. The fourth-order valence-corrected chi connectivity index (χ4v) is 3.08. The molecule has 4 nitrogen and oxygen atoms in total. The predicted octanol–water partition coefficient (Wildman–Crippen LogP) is 2.38. The van der Waals surface area contributed by atoms with Crippen LogP contribution in [0.25, 0.3) is 0 Å². The molecule has 4 heteroatoms. The molecule has 1 aromatic carbocycles. The summed E-state index contributed by atoms with van der Waals surface area (Å²) in [7, 11) is 0. The quantitative estimate of drug-likeness (QED) is 0.758. The number of aliphatic hydroxyl groups excluding tert-OH is 2. The van der Waals surface area contributed by atoms with E-state index in [4.69, 9.17) is 4.74 Å². The van der Waals surface area contributed by atoms with E-state index in [2.05, 4.69) is 23.6 Å². The number of rotatable bonds is 7. The summed E-state index contributed by atoms with van der Waals surface area (Å²) in [6, 6.07) is 6.30. The minimum Gasteiger partial charge on any atom is -0.491 e. The fourth-order valence-electron chi connectivity index (χ4n) is 3.08. The molecule has 23 heavy (non-hydrogen) atoms. The molecule has 1 heterocycles. The van der Waals surface area contributed by atoms with Gasteiger partial charge < -0.3 is 14.9 Å². The van der Waals surface area contributed by atoms with Gasteiger partial charge in [-0.3, -0.25) is 4.90 Å². The van der Waals surface area contributed by atoms with Crippen molar-refractivity contribution in [2.75, 3.05) is 19.7 Å². The second-order valence-corrected chi connectivity index (χ2v) is 6.64. The van der Waals surface area contributed by atoms with Crippen LogP contribution in [0.1, 0.15) is 31.4 Å². The highest BCUT2D eigenvalue weighted by Crippen LogP contribution is 2.25. The maximum Gasteiger partial charge on any atom is 0.123 e. The van der Waals surface area contributed by atoms with Crippen LogP contribution in [0.15, 0.2) is 30.9 Å². The molecule has 128 valence electrons. The minimum absolute atomic E-state index is 0.0180. The maximum absolute atomic E-state index is 10.1. The van der Waals surface area contributed by atoms with E-state index >= 15 is 0 Å². The molecule has 1 saturated heterocycles. The molecule has 1 fully saturated rings. The first-order chi connectivity index (χ1) is 11.0. The third kappa shape index (κ3) is 5.06. The van der Waals surface area contributed by atoms with Gasteiger partial charge in [0.15, 0.2) is 0 Å². The molecule has 0 radical (unpaired) electrons. The molecule has 1 aliphatic rings. The lowest BCUT2D eigenvalue weighted by Gasteiger charge is -2.35. The number of likely N-dealkylation sites (tertiary alicyclic amines) is 1. The Hall–Kier alpha value is -1.36. The largest absolute Gasteiger partial charge is 0.491 e. The van der Waals surface area contributed by atoms with Gasteiger partial charge in [0.25, 0.3) is 0 Å². The van der Waals surface area contributed by atoms with Crippen LogP contribution in [0.4, 0.5) is 0 Å². The Morgan fingerprint density at radius 3 is 2.83 bits per heavy atom. The van der Waals surface area contributed by atoms with Crippen molar-refractivity contribution < 1.29 is 14.9 Å². The Bertz CT molecular complexity index is 515. The van der Waals surface area contributed by atoms with Gasteiger partial charge in [-0.2, -0.15) is 0 Å². The van der Waals surface area contributed by atoms with Crippen LogP contribution in [0.5, 0.6) is 5.75 Å². The molecule has 0 unspecified atom stereocenters. The van der Waals surface area contributed by atoms with Crippen molar-refractivity contribution in [1.82, 2.24) is 4.90 Å². The first kappa shape index (κ1) is 18.0. The van der Waals surface area contributed by atoms with E-state index in [9.17, 15) is 10.2 Å². The van der Waals surface area contributed by atoms with E-state index in [1.807, 2.05) is 26.0 Å². The highest BCUT2D eigenvalue weighted by atomic mass is 16.5. The molecule has 1 aliphatic heterocycles. The zero-order valence-electron chi connectivity index (χ0n) is 14.2. The normalized spacial score (nSPS) is 22.3. The Morgan fingerprint density at radius 1 is 1.43 bits per heavy atom. The minimum atomic E-state index is -0.440. The molecule has 0 bridgehead atoms. The summed E-state index contributed by atoms with van der Waals surface area (Å²) in [6.45, 7) is 10.3. The average molecular weight is 319 g/mol. The van der Waals surface area contributed by atoms with E-state index in [0.29, 0.717) is 6.54 Å². The lowest BCUT2D eigenvalue weighted by molar-refractivity contribution is -0.00445. The Kier molecular flexibility index (Phi) is 6.63. The van der Waals surface area contributed by atoms with Crippen LogP contribution >= 0.6 is 0 Å². The molecule has 0 amide bonds. The van der Waals surface area contributed by atoms with Gasteiger partial charge in [0.2, 0.25) is 0 Å². The topological polar surface area (TPSA) is 52.9 Å². The molecule has 2 rings (SSSR count). The van der Waals surface area contributed by atoms with Crippen molar-refractivity contribution in [3.05, 3.63) is 42.0 Å². The van der Waals surface area contributed by atoms with Crippen LogP contribution in [0.2, 0.25) is 0 Å². The SMILES string of the molecule is C=CCc1cc(CN2CC[C@H](CO)[C@@H](O)C2)ccc1OC(C)C. The molecule has 0 aromatic heterocycles. The molecule has 0 spiro atoms. The first-order valence-corrected chi connectivity index (χ1v) is 8.44. The number of β-amino-alcohol motifs (C(OH)–C–C–N with tert-alkyl or cyclic N) is 1. The first-order valence-electron chi connectivity index (χ1n) is 8.44. The Balaban J connectivity index is 2.05. The van der Waals surface area contributed by atoms with Gasteiger partial charge in [0.05, 0.1) is 12.2 Å².